The van der Waals surface area contributed by atoms with Gasteiger partial charge in [0.05, 0.1) is 19.0 Å². The largest absolute Gasteiger partial charge is 0.411 e. The Kier molecular flexibility index (Phi) is 6.25. The predicted molar refractivity (Wildman–Crippen MR) is 101 cm³/mol. The molecule has 1 aliphatic rings. The van der Waals surface area contributed by atoms with Crippen LogP contribution in [0.25, 0.3) is 0 Å². The molecule has 0 bridgehead atoms. The number of hydrogen-bond donors (Lipinski definition) is 3. The van der Waals surface area contributed by atoms with Crippen molar-refractivity contribution in [3.05, 3.63) is 40.8 Å². The van der Waals surface area contributed by atoms with Crippen LogP contribution in [0.15, 0.2) is 28.0 Å². The van der Waals surface area contributed by atoms with Crippen LogP contribution < -0.4 is 5.32 Å². The van der Waals surface area contributed by atoms with Gasteiger partial charge in [-0.3, -0.25) is 8.99 Å². The molecule has 1 aromatic carbocycles. The standard InChI is InChI=1S/C17H22FN5O4S/c1-28(19,25)7-6-26-5-4-20-17-16(22-27-23-17)15(21-24)9-12-8-11-2-3-13(18)10-14(11)12/h2-3,10,12,19,24H,4-9H2,1H3,(H,20,23)/b21-15+/t12-,28?/m1/s1. The van der Waals surface area contributed by atoms with Gasteiger partial charge in [-0.1, -0.05) is 11.2 Å². The average molecular weight is 411 g/mol. The molecule has 1 heterocycles. The van der Waals surface area contributed by atoms with Crippen LogP contribution in [0.5, 0.6) is 0 Å². The lowest BCUT2D eigenvalue weighted by molar-refractivity contribution is 0.160. The molecule has 2 atom stereocenters. The van der Waals surface area contributed by atoms with E-state index in [0.29, 0.717) is 31.1 Å². The van der Waals surface area contributed by atoms with E-state index < -0.39 is 9.73 Å². The van der Waals surface area contributed by atoms with E-state index in [-0.39, 0.29) is 29.8 Å². The van der Waals surface area contributed by atoms with Gasteiger partial charge in [0.15, 0.2) is 11.5 Å². The number of aromatic nitrogens is 2. The van der Waals surface area contributed by atoms with Crippen LogP contribution >= 0.6 is 0 Å². The molecule has 2 aromatic rings. The van der Waals surface area contributed by atoms with Gasteiger partial charge in [0, 0.05) is 29.0 Å². The molecule has 0 radical (unpaired) electrons. The fourth-order valence-corrected chi connectivity index (χ4v) is 3.47. The first-order chi connectivity index (χ1) is 13.4. The second-order valence-corrected chi connectivity index (χ2v) is 9.12. The van der Waals surface area contributed by atoms with Crippen molar-refractivity contribution in [2.75, 3.05) is 37.1 Å². The van der Waals surface area contributed by atoms with E-state index in [2.05, 4.69) is 20.8 Å². The fourth-order valence-electron chi connectivity index (χ4n) is 3.03. The summed E-state index contributed by atoms with van der Waals surface area (Å²) in [6.45, 7) is 0.911. The van der Waals surface area contributed by atoms with Gasteiger partial charge in [-0.05, 0) is 45.9 Å². The summed E-state index contributed by atoms with van der Waals surface area (Å²) < 4.78 is 42.1. The van der Waals surface area contributed by atoms with Crippen molar-refractivity contribution in [3.63, 3.8) is 0 Å². The maximum absolute atomic E-state index is 13.4. The van der Waals surface area contributed by atoms with Crippen molar-refractivity contribution in [2.45, 2.75) is 18.8 Å². The predicted octanol–water partition coefficient (Wildman–Crippen LogP) is 2.22. The lowest BCUT2D eigenvalue weighted by Gasteiger charge is -2.30. The summed E-state index contributed by atoms with van der Waals surface area (Å²) in [7, 11) is -2.56. The van der Waals surface area contributed by atoms with E-state index in [1.165, 1.54) is 18.4 Å². The van der Waals surface area contributed by atoms with Gasteiger partial charge >= 0.3 is 0 Å². The quantitative estimate of drug-likeness (QED) is 0.236. The highest BCUT2D eigenvalue weighted by Gasteiger charge is 2.30. The molecule has 9 nitrogen and oxygen atoms in total. The molecule has 3 N–H and O–H groups in total. The van der Waals surface area contributed by atoms with E-state index in [4.69, 9.17) is 14.1 Å². The summed E-state index contributed by atoms with van der Waals surface area (Å²) in [5, 5.41) is 23.3. The Morgan fingerprint density at radius 2 is 2.32 bits per heavy atom. The van der Waals surface area contributed by atoms with Crippen LogP contribution in [-0.2, 0) is 20.9 Å². The molecule has 152 valence electrons. The Morgan fingerprint density at radius 3 is 3.07 bits per heavy atom. The highest BCUT2D eigenvalue weighted by atomic mass is 32.2. The molecule has 0 saturated carbocycles. The zero-order valence-corrected chi connectivity index (χ0v) is 16.2. The number of fused-ring (bicyclic) bond motifs is 1. The molecule has 1 aromatic heterocycles. The number of halogens is 1. The van der Waals surface area contributed by atoms with Gasteiger partial charge in [0.25, 0.3) is 0 Å². The number of nitrogens with one attached hydrogen (secondary N) is 2. The summed E-state index contributed by atoms with van der Waals surface area (Å²) in [6.07, 6.45) is 2.51. The molecule has 0 amide bonds. The minimum Gasteiger partial charge on any atom is -0.411 e. The highest BCUT2D eigenvalue weighted by molar-refractivity contribution is 7.91. The molecule has 1 unspecified atom stereocenters. The zero-order valence-electron chi connectivity index (χ0n) is 15.4. The van der Waals surface area contributed by atoms with Crippen molar-refractivity contribution in [2.24, 2.45) is 5.16 Å². The van der Waals surface area contributed by atoms with E-state index >= 15 is 0 Å². The van der Waals surface area contributed by atoms with Gasteiger partial charge in [0.1, 0.15) is 11.5 Å². The van der Waals surface area contributed by atoms with Gasteiger partial charge in [-0.2, -0.15) is 0 Å². The van der Waals surface area contributed by atoms with Gasteiger partial charge in [0.2, 0.25) is 0 Å². The normalized spacial score (nSPS) is 18.2. The number of anilines is 1. The molecule has 3 rings (SSSR count). The maximum atomic E-state index is 13.4. The number of ether oxygens (including phenoxy) is 1. The fraction of sp³-hybridized carbons (Fsp3) is 0.471. The van der Waals surface area contributed by atoms with Crippen LogP contribution in [0, 0.1) is 10.6 Å². The van der Waals surface area contributed by atoms with Crippen molar-refractivity contribution in [3.8, 4) is 0 Å². The van der Waals surface area contributed by atoms with E-state index in [0.717, 1.165) is 17.5 Å². The monoisotopic (exact) mass is 411 g/mol. The summed E-state index contributed by atoms with van der Waals surface area (Å²) >= 11 is 0. The third-order valence-electron chi connectivity index (χ3n) is 4.49. The molecular weight excluding hydrogens is 389 g/mol. The third-order valence-corrected chi connectivity index (χ3v) is 5.44. The Hall–Kier alpha value is -2.53. The minimum atomic E-state index is -2.56. The second-order valence-electron chi connectivity index (χ2n) is 6.70. The van der Waals surface area contributed by atoms with Crippen molar-refractivity contribution >= 4 is 21.3 Å². The second kappa shape index (κ2) is 8.65. The summed E-state index contributed by atoms with van der Waals surface area (Å²) in [5.41, 5.74) is 2.57. The maximum Gasteiger partial charge on any atom is 0.200 e. The van der Waals surface area contributed by atoms with Crippen molar-refractivity contribution < 1.29 is 23.2 Å². The van der Waals surface area contributed by atoms with E-state index in [1.54, 1.807) is 6.07 Å². The van der Waals surface area contributed by atoms with E-state index in [9.17, 15) is 13.8 Å². The van der Waals surface area contributed by atoms with Gasteiger partial charge < -0.3 is 15.3 Å². The highest BCUT2D eigenvalue weighted by Crippen LogP contribution is 2.39. The minimum absolute atomic E-state index is 0.0401. The zero-order chi connectivity index (χ0) is 20.1. The number of oxime groups is 1. The molecule has 0 aliphatic heterocycles. The molecule has 28 heavy (non-hydrogen) atoms. The van der Waals surface area contributed by atoms with Crippen LogP contribution in [-0.4, -0.2) is 57.2 Å². The molecule has 0 spiro atoms. The van der Waals surface area contributed by atoms with Crippen LogP contribution in [0.1, 0.15) is 29.2 Å². The lowest BCUT2D eigenvalue weighted by atomic mass is 9.74. The lowest BCUT2D eigenvalue weighted by Crippen LogP contribution is -2.22. The van der Waals surface area contributed by atoms with Crippen LogP contribution in [0.2, 0.25) is 0 Å². The van der Waals surface area contributed by atoms with E-state index in [1.807, 2.05) is 0 Å². The Balaban J connectivity index is 1.53. The van der Waals surface area contributed by atoms with Crippen LogP contribution in [0.3, 0.4) is 0 Å². The van der Waals surface area contributed by atoms with Crippen LogP contribution in [0.4, 0.5) is 10.2 Å². The van der Waals surface area contributed by atoms with Gasteiger partial charge in [-0.15, -0.1) is 0 Å². The Labute approximate surface area is 161 Å². The topological polar surface area (TPSA) is 134 Å². The summed E-state index contributed by atoms with van der Waals surface area (Å²) in [5.74, 6) is 0.239. The molecule has 0 fully saturated rings. The molecule has 1 aliphatic carbocycles. The van der Waals surface area contributed by atoms with Gasteiger partial charge in [-0.25, -0.2) is 9.02 Å². The third kappa shape index (κ3) is 5.04. The Morgan fingerprint density at radius 1 is 1.50 bits per heavy atom. The number of rotatable bonds is 10. The van der Waals surface area contributed by atoms with Crippen molar-refractivity contribution in [1.29, 1.82) is 4.78 Å². The first-order valence-electron chi connectivity index (χ1n) is 8.72. The first-order valence-corrected chi connectivity index (χ1v) is 10.9. The molecule has 11 heteroatoms. The first kappa shape index (κ1) is 20.2. The summed E-state index contributed by atoms with van der Waals surface area (Å²) in [4.78, 5) is 0. The van der Waals surface area contributed by atoms with Crippen molar-refractivity contribution in [1.82, 2.24) is 10.3 Å². The molecular formula is C17H22FN5O4S. The number of hydrogen-bond acceptors (Lipinski definition) is 9. The SMILES string of the molecule is CS(=N)(=O)CCOCCNc1nonc1/C(C[C@H]1Cc2ccc(F)cc21)=N/O. The number of benzene rings is 1. The summed E-state index contributed by atoms with van der Waals surface area (Å²) in [6, 6.07) is 4.70. The number of nitrogens with zero attached hydrogens (tertiary/aromatic N) is 3. The smallest absolute Gasteiger partial charge is 0.200 e. The Bertz CT molecular complexity index is 960. The average Bonchev–Trinajstić information content (AvgIpc) is 3.08. The molecule has 0 saturated heterocycles.